The standard InChI is InChI=1S/C43H73N10O9P/c1-11-30(4)39(50(8)42(57)38(29(2)3)47-43(49(6)7)52-25-23-51(24-26-52)36(54)20-15-21-45-48-44)34(61-9)28-37(55)53-22-16-19-33(53)40(62-10)31(5)41(56)46-35(63(58,59)60)27-32-17-13-12-14-18-32/h12-14,17-18,29-31,33-35,38-40H,11,15-16,19-28H2,1-10H3,(H,46,56)(H2,58,59,60)/t30?,31-,33+,34?,35-,38+,39?,40-/m1/s1. The number of rotatable bonds is 22. The number of guanidine groups is 1. The van der Waals surface area contributed by atoms with Crippen molar-refractivity contribution in [3.8, 4) is 0 Å². The fraction of sp³-hybridized carbons (Fsp3) is 0.744. The monoisotopic (exact) mass is 905 g/mol. The molecular formula is C43H73N10O9P. The van der Waals surface area contributed by atoms with Gasteiger partial charge in [-0.3, -0.25) is 23.7 Å². The van der Waals surface area contributed by atoms with Crippen molar-refractivity contribution in [3.63, 3.8) is 0 Å². The number of likely N-dealkylation sites (tertiary alicyclic amines) is 1. The van der Waals surface area contributed by atoms with E-state index in [1.807, 2.05) is 46.7 Å². The van der Waals surface area contributed by atoms with Crippen molar-refractivity contribution >= 4 is 37.2 Å². The molecule has 2 aliphatic rings. The van der Waals surface area contributed by atoms with Crippen molar-refractivity contribution in [1.29, 1.82) is 0 Å². The van der Waals surface area contributed by atoms with Gasteiger partial charge in [-0.25, -0.2) is 4.99 Å². The smallest absolute Gasteiger partial charge is 0.347 e. The van der Waals surface area contributed by atoms with Crippen LogP contribution >= 0.6 is 7.60 Å². The first-order valence-electron chi connectivity index (χ1n) is 22.1. The SMILES string of the molecule is CCC(C)C(C(CC(=O)N1CCC[C@H]1[C@H](OC)[C@@H](C)C(=O)N[C@@H](Cc1ccccc1)P(=O)(O)O)OC)N(C)C(=O)[C@@H](N=C(N(C)C)N1CCN(C(=O)CCCN=[N+]=[N-])CC1)C(C)C. The van der Waals surface area contributed by atoms with Crippen LogP contribution in [0.5, 0.6) is 0 Å². The number of carbonyl (C=O) groups excluding carboxylic acids is 4. The predicted molar refractivity (Wildman–Crippen MR) is 241 cm³/mol. The molecule has 0 spiro atoms. The third-order valence-electron chi connectivity index (χ3n) is 12.4. The average molecular weight is 905 g/mol. The van der Waals surface area contributed by atoms with Gasteiger partial charge in [0.2, 0.25) is 23.6 Å². The molecule has 0 aromatic heterocycles. The summed E-state index contributed by atoms with van der Waals surface area (Å²) < 4.78 is 24.4. The van der Waals surface area contributed by atoms with E-state index in [4.69, 9.17) is 20.0 Å². The van der Waals surface area contributed by atoms with E-state index in [0.717, 1.165) is 0 Å². The minimum atomic E-state index is -4.73. The molecule has 2 heterocycles. The zero-order chi connectivity index (χ0) is 47.0. The summed E-state index contributed by atoms with van der Waals surface area (Å²) in [6, 6.07) is 7.04. The maximum absolute atomic E-state index is 14.6. The van der Waals surface area contributed by atoms with E-state index in [1.54, 1.807) is 59.0 Å². The summed E-state index contributed by atoms with van der Waals surface area (Å²) in [5.41, 5.74) is 9.18. The molecule has 3 unspecified atom stereocenters. The van der Waals surface area contributed by atoms with Crippen LogP contribution in [0.1, 0.15) is 78.7 Å². The molecule has 1 aromatic rings. The summed E-state index contributed by atoms with van der Waals surface area (Å²) in [7, 11) is 3.77. The normalized spacial score (nSPS) is 19.3. The lowest BCUT2D eigenvalue weighted by Gasteiger charge is -2.41. The lowest BCUT2D eigenvalue weighted by Crippen LogP contribution is -2.56. The molecule has 0 bridgehead atoms. The predicted octanol–water partition coefficient (Wildman–Crippen LogP) is 3.95. The molecule has 19 nitrogen and oxygen atoms in total. The molecule has 3 rings (SSSR count). The van der Waals surface area contributed by atoms with Gasteiger partial charge in [0.1, 0.15) is 11.8 Å². The van der Waals surface area contributed by atoms with Crippen LogP contribution in [0.15, 0.2) is 40.4 Å². The number of hydrogen-bond donors (Lipinski definition) is 3. The molecule has 3 N–H and O–H groups in total. The highest BCUT2D eigenvalue weighted by atomic mass is 31.2. The molecule has 4 amide bonds. The number of nitrogens with zero attached hydrogens (tertiary/aromatic N) is 9. The lowest BCUT2D eigenvalue weighted by atomic mass is 9.89. The van der Waals surface area contributed by atoms with Crippen molar-refractivity contribution in [1.82, 2.24) is 29.8 Å². The van der Waals surface area contributed by atoms with E-state index in [2.05, 4.69) is 20.2 Å². The number of ether oxygens (including phenoxy) is 2. The second-order valence-corrected chi connectivity index (χ2v) is 19.1. The van der Waals surface area contributed by atoms with E-state index in [-0.39, 0.29) is 48.9 Å². The zero-order valence-electron chi connectivity index (χ0n) is 39.0. The largest absolute Gasteiger partial charge is 0.379 e. The van der Waals surface area contributed by atoms with Crippen molar-refractivity contribution < 1.29 is 43.0 Å². The van der Waals surface area contributed by atoms with E-state index in [1.165, 1.54) is 14.2 Å². The highest BCUT2D eigenvalue weighted by Gasteiger charge is 2.44. The minimum absolute atomic E-state index is 0.00915. The van der Waals surface area contributed by atoms with Crippen LogP contribution in [0, 0.1) is 17.8 Å². The molecule has 2 saturated heterocycles. The van der Waals surface area contributed by atoms with E-state index >= 15 is 0 Å². The van der Waals surface area contributed by atoms with Crippen LogP contribution in [0.4, 0.5) is 0 Å². The summed E-state index contributed by atoms with van der Waals surface area (Å²) in [4.78, 5) is 92.7. The third kappa shape index (κ3) is 14.9. The fourth-order valence-electron chi connectivity index (χ4n) is 8.66. The number of methoxy groups -OCH3 is 2. The maximum Gasteiger partial charge on any atom is 0.347 e. The van der Waals surface area contributed by atoms with Crippen molar-refractivity contribution in [3.05, 3.63) is 46.3 Å². The minimum Gasteiger partial charge on any atom is -0.379 e. The van der Waals surface area contributed by atoms with E-state index in [0.29, 0.717) is 76.4 Å². The Bertz CT molecular complexity index is 1770. The Labute approximate surface area is 373 Å². The molecular weight excluding hydrogens is 832 g/mol. The number of benzene rings is 1. The molecule has 2 aliphatic heterocycles. The van der Waals surface area contributed by atoms with Gasteiger partial charge in [0.25, 0.3) is 0 Å². The van der Waals surface area contributed by atoms with E-state index in [9.17, 15) is 33.5 Å². The zero-order valence-corrected chi connectivity index (χ0v) is 39.9. The second kappa shape index (κ2) is 25.3. The van der Waals surface area contributed by atoms with Gasteiger partial charge in [-0.05, 0) is 42.2 Å². The van der Waals surface area contributed by atoms with Gasteiger partial charge in [-0.15, -0.1) is 0 Å². The lowest BCUT2D eigenvalue weighted by molar-refractivity contribution is -0.146. The summed E-state index contributed by atoms with van der Waals surface area (Å²) in [5, 5.41) is 6.09. The van der Waals surface area contributed by atoms with Gasteiger partial charge in [-0.2, -0.15) is 0 Å². The molecule has 0 saturated carbocycles. The topological polar surface area (TPSA) is 234 Å². The molecule has 1 aromatic carbocycles. The number of aliphatic imine (C=N–C) groups is 1. The Morgan fingerprint density at radius 1 is 0.968 bits per heavy atom. The number of piperazine rings is 1. The first kappa shape index (κ1) is 53.1. The van der Waals surface area contributed by atoms with Crippen molar-refractivity contribution in [2.24, 2.45) is 27.9 Å². The quantitative estimate of drug-likeness (QED) is 0.0287. The second-order valence-electron chi connectivity index (χ2n) is 17.3. The number of nitrogens with one attached hydrogen (secondary N) is 1. The molecule has 354 valence electrons. The molecule has 0 radical (unpaired) electrons. The van der Waals surface area contributed by atoms with Crippen LogP contribution in [-0.2, 0) is 39.6 Å². The van der Waals surface area contributed by atoms with Crippen LogP contribution in [-0.4, -0.2) is 175 Å². The van der Waals surface area contributed by atoms with Gasteiger partial charge in [-0.1, -0.05) is 76.5 Å². The van der Waals surface area contributed by atoms with Gasteiger partial charge >= 0.3 is 7.60 Å². The Balaban J connectivity index is 1.79. The van der Waals surface area contributed by atoms with Crippen LogP contribution in [0.25, 0.3) is 10.4 Å². The first-order chi connectivity index (χ1) is 29.8. The summed E-state index contributed by atoms with van der Waals surface area (Å²) in [6.45, 7) is 12.3. The Morgan fingerprint density at radius 2 is 1.60 bits per heavy atom. The van der Waals surface area contributed by atoms with Crippen LogP contribution < -0.4 is 5.32 Å². The number of azide groups is 1. The number of carbonyl (C=O) groups is 4. The summed E-state index contributed by atoms with van der Waals surface area (Å²) in [6.07, 6.45) is 1.17. The maximum atomic E-state index is 14.6. The van der Waals surface area contributed by atoms with Gasteiger partial charge < -0.3 is 49.1 Å². The highest BCUT2D eigenvalue weighted by Crippen LogP contribution is 2.41. The number of likely N-dealkylation sites (N-methyl/N-ethyl adjacent to an activating group) is 1. The molecule has 8 atom stereocenters. The van der Waals surface area contributed by atoms with Crippen LogP contribution in [0.3, 0.4) is 0 Å². The Hall–Kier alpha value is -4.25. The highest BCUT2D eigenvalue weighted by molar-refractivity contribution is 7.52. The van der Waals surface area contributed by atoms with E-state index < -0.39 is 55.5 Å². The molecule has 63 heavy (non-hydrogen) atoms. The van der Waals surface area contributed by atoms with Gasteiger partial charge in [0.15, 0.2) is 5.96 Å². The van der Waals surface area contributed by atoms with Crippen LogP contribution in [0.2, 0.25) is 0 Å². The van der Waals surface area contributed by atoms with Gasteiger partial charge in [0.05, 0.1) is 36.6 Å². The fourth-order valence-corrected chi connectivity index (χ4v) is 9.40. The molecule has 20 heteroatoms. The number of amides is 4. The third-order valence-corrected chi connectivity index (χ3v) is 13.5. The van der Waals surface area contributed by atoms with Gasteiger partial charge in [0, 0.05) is 92.4 Å². The van der Waals surface area contributed by atoms with Crippen molar-refractivity contribution in [2.45, 2.75) is 116 Å². The molecule has 0 aliphatic carbocycles. The summed E-state index contributed by atoms with van der Waals surface area (Å²) in [5.74, 6) is -2.93. The Morgan fingerprint density at radius 3 is 2.14 bits per heavy atom. The first-order valence-corrected chi connectivity index (χ1v) is 23.8. The Kier molecular flexibility index (Phi) is 21.3. The number of hydrogen-bond acceptors (Lipinski definition) is 9. The van der Waals surface area contributed by atoms with Crippen molar-refractivity contribution in [2.75, 3.05) is 74.6 Å². The molecule has 2 fully saturated rings. The summed E-state index contributed by atoms with van der Waals surface area (Å²) >= 11 is 0. The average Bonchev–Trinajstić information content (AvgIpc) is 3.74.